The molecule has 0 radical (unpaired) electrons. The predicted octanol–water partition coefficient (Wildman–Crippen LogP) is 1.91. The lowest BCUT2D eigenvalue weighted by Crippen LogP contribution is -2.43. The molecule has 3 nitrogen and oxygen atoms in total. The fraction of sp³-hybridized carbons (Fsp3) is 1.00. The minimum absolute atomic E-state index is 0.216. The van der Waals surface area contributed by atoms with Gasteiger partial charge in [0, 0.05) is 27.4 Å². The van der Waals surface area contributed by atoms with E-state index in [9.17, 15) is 0 Å². The molecule has 0 aromatic heterocycles. The summed E-state index contributed by atoms with van der Waals surface area (Å²) in [5.41, 5.74) is 0. The molecule has 0 aliphatic heterocycles. The Bertz CT molecular complexity index is 135. The lowest BCUT2D eigenvalue weighted by atomic mass is 10.1. The Hall–Kier alpha value is 0.527. The lowest BCUT2D eigenvalue weighted by molar-refractivity contribution is 0.122. The predicted molar refractivity (Wildman–Crippen MR) is 60.0 cm³/mol. The van der Waals surface area contributed by atoms with Crippen molar-refractivity contribution in [2.24, 2.45) is 0 Å². The van der Waals surface area contributed by atoms with E-state index >= 15 is 0 Å². The van der Waals surface area contributed by atoms with Gasteiger partial charge in [-0.25, -0.2) is 0 Å². The van der Waals surface area contributed by atoms with E-state index in [1.807, 2.05) is 0 Å². The van der Waals surface area contributed by atoms with Gasteiger partial charge < -0.3 is 13.3 Å². The van der Waals surface area contributed by atoms with Crippen LogP contribution in [0.15, 0.2) is 0 Å². The first-order valence-electron chi connectivity index (χ1n) is 4.33. The summed E-state index contributed by atoms with van der Waals surface area (Å²) in [5, 5.41) is 0.216. The van der Waals surface area contributed by atoms with Crippen molar-refractivity contribution in [1.82, 2.24) is 0 Å². The summed E-state index contributed by atoms with van der Waals surface area (Å²) in [6, 6.07) is 0.854. The van der Waals surface area contributed by atoms with Crippen molar-refractivity contribution >= 4 is 18.0 Å². The van der Waals surface area contributed by atoms with Gasteiger partial charge in [0.05, 0.1) is 0 Å². The summed E-state index contributed by atoms with van der Waals surface area (Å²) >= 11 is 0. The van der Waals surface area contributed by atoms with Crippen LogP contribution in [0.3, 0.4) is 0 Å². The monoisotopic (exact) mass is 224 g/mol. The number of rotatable bonds is 6. The summed E-state index contributed by atoms with van der Waals surface area (Å²) in [6.07, 6.45) is 1.01. The fourth-order valence-corrected chi connectivity index (χ4v) is 3.53. The number of hydrogen-bond donors (Lipinski definition) is 0. The fourth-order valence-electron chi connectivity index (χ4n) is 1.03. The highest BCUT2D eigenvalue weighted by Gasteiger charge is 2.38. The molecule has 0 bridgehead atoms. The Kier molecular flexibility index (Phi) is 5.64. The first kappa shape index (κ1) is 13.5. The van der Waals surface area contributed by atoms with Gasteiger partial charge in [0.2, 0.25) is 0 Å². The Morgan fingerprint density at radius 2 is 1.46 bits per heavy atom. The summed E-state index contributed by atoms with van der Waals surface area (Å²) in [7, 11) is 5.41. The quantitative estimate of drug-likeness (QED) is 0.509. The third kappa shape index (κ3) is 5.08. The summed E-state index contributed by atoms with van der Waals surface area (Å²) < 4.78 is 16.0. The third-order valence-corrected chi connectivity index (χ3v) is 5.03. The Labute approximate surface area is 84.7 Å². The minimum atomic E-state index is -2.34. The SMILES string of the molecule is CO[Si](CCC(C)(C)P)(OC)OC. The third-order valence-electron chi connectivity index (χ3n) is 2.01. The maximum atomic E-state index is 5.32. The highest BCUT2D eigenvalue weighted by Crippen LogP contribution is 2.27. The molecule has 5 heteroatoms. The molecule has 0 rings (SSSR count). The summed E-state index contributed by atoms with van der Waals surface area (Å²) in [4.78, 5) is 0. The van der Waals surface area contributed by atoms with Crippen molar-refractivity contribution in [1.29, 1.82) is 0 Å². The molecule has 80 valence electrons. The van der Waals surface area contributed by atoms with Crippen LogP contribution in [-0.4, -0.2) is 35.3 Å². The van der Waals surface area contributed by atoms with Crippen molar-refractivity contribution in [2.75, 3.05) is 21.3 Å². The zero-order chi connectivity index (χ0) is 10.5. The van der Waals surface area contributed by atoms with Crippen LogP contribution >= 0.6 is 9.24 Å². The van der Waals surface area contributed by atoms with Crippen LogP contribution in [0, 0.1) is 0 Å². The molecule has 0 saturated carbocycles. The van der Waals surface area contributed by atoms with Crippen LogP contribution in [0.25, 0.3) is 0 Å². The van der Waals surface area contributed by atoms with Gasteiger partial charge in [0.15, 0.2) is 0 Å². The van der Waals surface area contributed by atoms with Crippen LogP contribution in [0.1, 0.15) is 20.3 Å². The first-order chi connectivity index (χ1) is 5.89. The van der Waals surface area contributed by atoms with Gasteiger partial charge in [0.1, 0.15) is 0 Å². The van der Waals surface area contributed by atoms with E-state index in [4.69, 9.17) is 13.3 Å². The average Bonchev–Trinajstić information content (AvgIpc) is 2.06. The minimum Gasteiger partial charge on any atom is -0.377 e. The Balaban J connectivity index is 4.11. The summed E-state index contributed by atoms with van der Waals surface area (Å²) in [5.74, 6) is 0. The van der Waals surface area contributed by atoms with Gasteiger partial charge in [-0.3, -0.25) is 0 Å². The van der Waals surface area contributed by atoms with E-state index in [0.29, 0.717) is 0 Å². The molecule has 0 spiro atoms. The van der Waals surface area contributed by atoms with Gasteiger partial charge in [-0.1, -0.05) is 13.8 Å². The molecule has 1 unspecified atom stereocenters. The van der Waals surface area contributed by atoms with Gasteiger partial charge >= 0.3 is 8.80 Å². The zero-order valence-corrected chi connectivity index (χ0v) is 11.4. The molecule has 0 aromatic rings. The van der Waals surface area contributed by atoms with Gasteiger partial charge in [-0.2, -0.15) is 0 Å². The van der Waals surface area contributed by atoms with Gasteiger partial charge in [-0.15, -0.1) is 9.24 Å². The molecule has 0 saturated heterocycles. The second kappa shape index (κ2) is 5.42. The molecule has 0 fully saturated rings. The lowest BCUT2D eigenvalue weighted by Gasteiger charge is -2.27. The van der Waals surface area contributed by atoms with E-state index in [1.54, 1.807) is 21.3 Å². The topological polar surface area (TPSA) is 27.7 Å². The largest absolute Gasteiger partial charge is 0.500 e. The Morgan fingerprint density at radius 1 is 1.08 bits per heavy atom. The van der Waals surface area contributed by atoms with E-state index in [-0.39, 0.29) is 5.16 Å². The van der Waals surface area contributed by atoms with Crippen molar-refractivity contribution < 1.29 is 13.3 Å². The average molecular weight is 224 g/mol. The van der Waals surface area contributed by atoms with Crippen LogP contribution < -0.4 is 0 Å². The van der Waals surface area contributed by atoms with Crippen LogP contribution in [-0.2, 0) is 13.3 Å². The van der Waals surface area contributed by atoms with E-state index in [1.165, 1.54) is 0 Å². The maximum absolute atomic E-state index is 5.32. The highest BCUT2D eigenvalue weighted by atomic mass is 31.0. The molecule has 13 heavy (non-hydrogen) atoms. The normalized spacial score (nSPS) is 13.4. The standard InChI is InChI=1S/C8H21O3PSi/c1-8(2,12)6-7-13(9-3,10-4)11-5/h6-7,12H2,1-5H3. The maximum Gasteiger partial charge on any atom is 0.500 e. The number of hydrogen-bond acceptors (Lipinski definition) is 3. The molecular weight excluding hydrogens is 203 g/mol. The van der Waals surface area contributed by atoms with Crippen LogP contribution in [0.5, 0.6) is 0 Å². The van der Waals surface area contributed by atoms with Crippen LogP contribution in [0.4, 0.5) is 0 Å². The second-order valence-corrected chi connectivity index (χ2v) is 8.44. The molecule has 0 aliphatic rings. The molecular formula is C8H21O3PSi. The van der Waals surface area contributed by atoms with E-state index < -0.39 is 8.80 Å². The van der Waals surface area contributed by atoms with Crippen molar-refractivity contribution in [2.45, 2.75) is 31.5 Å². The molecule has 0 amide bonds. The van der Waals surface area contributed by atoms with Crippen LogP contribution in [0.2, 0.25) is 6.04 Å². The first-order valence-corrected chi connectivity index (χ1v) is 6.84. The molecule has 0 aromatic carbocycles. The second-order valence-electron chi connectivity index (χ2n) is 3.78. The van der Waals surface area contributed by atoms with Gasteiger partial charge in [0.25, 0.3) is 0 Å². The molecule has 1 atom stereocenters. The Morgan fingerprint density at radius 3 is 1.69 bits per heavy atom. The zero-order valence-electron chi connectivity index (χ0n) is 9.22. The van der Waals surface area contributed by atoms with Crippen molar-refractivity contribution in [3.05, 3.63) is 0 Å². The molecule has 0 aliphatic carbocycles. The van der Waals surface area contributed by atoms with E-state index in [2.05, 4.69) is 23.1 Å². The summed E-state index contributed by atoms with van der Waals surface area (Å²) in [6.45, 7) is 4.33. The van der Waals surface area contributed by atoms with Gasteiger partial charge in [-0.05, 0) is 11.6 Å². The smallest absolute Gasteiger partial charge is 0.377 e. The molecule has 0 N–H and O–H groups in total. The van der Waals surface area contributed by atoms with Crippen molar-refractivity contribution in [3.8, 4) is 0 Å². The highest BCUT2D eigenvalue weighted by molar-refractivity contribution is 7.18. The van der Waals surface area contributed by atoms with Crippen molar-refractivity contribution in [3.63, 3.8) is 0 Å². The molecule has 0 heterocycles. The van der Waals surface area contributed by atoms with E-state index in [0.717, 1.165) is 12.5 Å².